The van der Waals surface area contributed by atoms with Gasteiger partial charge in [0.15, 0.2) is 0 Å². The lowest BCUT2D eigenvalue weighted by Gasteiger charge is -2.39. The number of para-hydroxylation sites is 1. The van der Waals surface area contributed by atoms with Gasteiger partial charge in [-0.3, -0.25) is 4.98 Å². The number of pyridine rings is 1. The first-order chi connectivity index (χ1) is 13.9. The quantitative estimate of drug-likeness (QED) is 0.334. The highest BCUT2D eigenvalue weighted by atomic mass is 15.2. The van der Waals surface area contributed by atoms with Crippen LogP contribution in [0.3, 0.4) is 0 Å². The minimum atomic E-state index is 0.916. The van der Waals surface area contributed by atoms with Crippen LogP contribution in [0.1, 0.15) is 33.5 Å². The van der Waals surface area contributed by atoms with Crippen LogP contribution in [0.25, 0.3) is 11.1 Å². The molecule has 0 atom stereocenters. The summed E-state index contributed by atoms with van der Waals surface area (Å²) in [6.45, 7) is 0. The van der Waals surface area contributed by atoms with Gasteiger partial charge in [0.1, 0.15) is 0 Å². The normalized spacial score (nSPS) is 14.6. The lowest BCUT2D eigenvalue weighted by molar-refractivity contribution is 0.970. The second kappa shape index (κ2) is 5.11. The maximum absolute atomic E-state index is 4.71. The van der Waals surface area contributed by atoms with Gasteiger partial charge in [0, 0.05) is 19.0 Å². The highest BCUT2D eigenvalue weighted by Gasteiger charge is 2.33. The minimum Gasteiger partial charge on any atom is -0.308 e. The molecule has 0 saturated heterocycles. The number of aromatic nitrogens is 1. The highest BCUT2D eigenvalue weighted by Crippen LogP contribution is 2.52. The first kappa shape index (κ1) is 14.6. The third kappa shape index (κ3) is 1.80. The third-order valence-corrected chi connectivity index (χ3v) is 6.51. The topological polar surface area (TPSA) is 16.1 Å². The van der Waals surface area contributed by atoms with Crippen molar-refractivity contribution in [1.29, 1.82) is 0 Å². The Morgan fingerprint density at radius 1 is 0.607 bits per heavy atom. The van der Waals surface area contributed by atoms with Crippen molar-refractivity contribution < 1.29 is 0 Å². The van der Waals surface area contributed by atoms with Crippen LogP contribution in [0.5, 0.6) is 0 Å². The van der Waals surface area contributed by atoms with Crippen LogP contribution in [0.2, 0.25) is 0 Å². The van der Waals surface area contributed by atoms with Crippen molar-refractivity contribution in [3.63, 3.8) is 0 Å². The maximum atomic E-state index is 4.71. The van der Waals surface area contributed by atoms with Crippen molar-refractivity contribution in [2.24, 2.45) is 0 Å². The molecular weight excluding hydrogens is 340 g/mol. The summed E-state index contributed by atoms with van der Waals surface area (Å²) in [4.78, 5) is 7.18. The van der Waals surface area contributed by atoms with Gasteiger partial charge in [0.05, 0.1) is 22.8 Å². The van der Waals surface area contributed by atoms with E-state index in [-0.39, 0.29) is 0 Å². The second-order valence-corrected chi connectivity index (χ2v) is 8.06. The summed E-state index contributed by atoms with van der Waals surface area (Å²) in [5.74, 6) is 0. The van der Waals surface area contributed by atoms with Crippen molar-refractivity contribution in [2.75, 3.05) is 4.90 Å². The number of nitrogens with zero attached hydrogens (tertiary/aromatic N) is 2. The molecule has 1 aliphatic carbocycles. The fourth-order valence-electron chi connectivity index (χ4n) is 5.32. The molecule has 3 heterocycles. The molecule has 28 heavy (non-hydrogen) atoms. The average Bonchev–Trinajstić information content (AvgIpc) is 3.09. The van der Waals surface area contributed by atoms with Gasteiger partial charge >= 0.3 is 0 Å². The fraction of sp³-hybridized carbons (Fsp3) is 0.115. The highest BCUT2D eigenvalue weighted by molar-refractivity contribution is 5.92. The number of benzene rings is 3. The van der Waals surface area contributed by atoms with E-state index in [0.717, 1.165) is 19.3 Å². The zero-order valence-corrected chi connectivity index (χ0v) is 15.4. The molecule has 3 aliphatic rings. The number of anilines is 3. The van der Waals surface area contributed by atoms with Gasteiger partial charge in [0.2, 0.25) is 0 Å². The van der Waals surface area contributed by atoms with Gasteiger partial charge < -0.3 is 4.90 Å². The molecule has 0 amide bonds. The van der Waals surface area contributed by atoms with E-state index in [1.54, 1.807) is 0 Å². The van der Waals surface area contributed by atoms with E-state index < -0.39 is 0 Å². The monoisotopic (exact) mass is 358 g/mol. The van der Waals surface area contributed by atoms with E-state index in [1.807, 2.05) is 6.20 Å². The Kier molecular flexibility index (Phi) is 2.67. The average molecular weight is 358 g/mol. The van der Waals surface area contributed by atoms with Gasteiger partial charge in [-0.05, 0) is 63.6 Å². The van der Waals surface area contributed by atoms with Crippen LogP contribution >= 0.6 is 0 Å². The van der Waals surface area contributed by atoms with E-state index >= 15 is 0 Å². The number of hydrogen-bond acceptors (Lipinski definition) is 2. The molecule has 7 rings (SSSR count). The van der Waals surface area contributed by atoms with E-state index in [0.29, 0.717) is 0 Å². The first-order valence-corrected chi connectivity index (χ1v) is 9.96. The number of rotatable bonds is 0. The summed E-state index contributed by atoms with van der Waals surface area (Å²) in [6.07, 6.45) is 4.88. The SMILES string of the molecule is c1ccc2c(c1)Cc1cc3c(cc1-2)N1c2cccnc2Cc2cccc(c21)C3. The smallest absolute Gasteiger partial charge is 0.0688 e. The Morgan fingerprint density at radius 3 is 2.39 bits per heavy atom. The Labute approximate surface area is 164 Å². The molecule has 0 spiro atoms. The largest absolute Gasteiger partial charge is 0.308 e. The molecule has 0 unspecified atom stereocenters. The van der Waals surface area contributed by atoms with Crippen LogP contribution in [0, 0.1) is 0 Å². The molecule has 0 N–H and O–H groups in total. The first-order valence-electron chi connectivity index (χ1n) is 9.96. The van der Waals surface area contributed by atoms with E-state index in [1.165, 1.54) is 61.7 Å². The van der Waals surface area contributed by atoms with Crippen molar-refractivity contribution in [3.8, 4) is 11.1 Å². The lowest BCUT2D eigenvalue weighted by atomic mass is 9.86. The van der Waals surface area contributed by atoms with Crippen LogP contribution in [0.4, 0.5) is 17.1 Å². The summed E-state index contributed by atoms with van der Waals surface area (Å²) in [5, 5.41) is 0. The molecule has 0 fully saturated rings. The third-order valence-electron chi connectivity index (χ3n) is 6.51. The Morgan fingerprint density at radius 2 is 1.43 bits per heavy atom. The molecule has 132 valence electrons. The predicted molar refractivity (Wildman–Crippen MR) is 113 cm³/mol. The van der Waals surface area contributed by atoms with Gasteiger partial charge in [0.25, 0.3) is 0 Å². The molecule has 2 heteroatoms. The summed E-state index contributed by atoms with van der Waals surface area (Å²) in [6, 6.07) is 24.7. The standard InChI is InChI=1S/C26H18N2/c1-2-8-21-16(5-1)11-19-13-20-12-17-6-3-7-18-14-23-24(9-4-10-27-23)28(26(17)18)25(20)15-22(19)21/h1-10,13,15H,11-12,14H2. The number of fused-ring (bicyclic) bond motifs is 7. The Hall–Kier alpha value is -3.39. The van der Waals surface area contributed by atoms with Crippen molar-refractivity contribution >= 4 is 17.1 Å². The fourth-order valence-corrected chi connectivity index (χ4v) is 5.32. The Balaban J connectivity index is 1.53. The summed E-state index contributed by atoms with van der Waals surface area (Å²) < 4.78 is 0. The van der Waals surface area contributed by atoms with E-state index in [4.69, 9.17) is 4.98 Å². The molecule has 2 aliphatic heterocycles. The van der Waals surface area contributed by atoms with E-state index in [2.05, 4.69) is 71.6 Å². The summed E-state index contributed by atoms with van der Waals surface area (Å²) in [5.41, 5.74) is 15.0. The van der Waals surface area contributed by atoms with Crippen LogP contribution < -0.4 is 4.90 Å². The predicted octanol–water partition coefficient (Wildman–Crippen LogP) is 5.93. The van der Waals surface area contributed by atoms with Gasteiger partial charge in [-0.1, -0.05) is 48.5 Å². The lowest BCUT2D eigenvalue weighted by Crippen LogP contribution is -2.25. The van der Waals surface area contributed by atoms with Gasteiger partial charge in [-0.15, -0.1) is 0 Å². The molecule has 0 bridgehead atoms. The van der Waals surface area contributed by atoms with Crippen molar-refractivity contribution in [2.45, 2.75) is 19.3 Å². The molecular formula is C26H18N2. The van der Waals surface area contributed by atoms with E-state index in [9.17, 15) is 0 Å². The van der Waals surface area contributed by atoms with Crippen LogP contribution in [-0.2, 0) is 19.3 Å². The Bertz CT molecular complexity index is 1300. The van der Waals surface area contributed by atoms with Crippen molar-refractivity contribution in [1.82, 2.24) is 4.98 Å². The maximum Gasteiger partial charge on any atom is 0.0688 e. The molecule has 2 nitrogen and oxygen atoms in total. The summed E-state index contributed by atoms with van der Waals surface area (Å²) in [7, 11) is 0. The molecule has 3 aromatic carbocycles. The molecule has 1 aromatic heterocycles. The summed E-state index contributed by atoms with van der Waals surface area (Å²) >= 11 is 0. The molecule has 0 radical (unpaired) electrons. The van der Waals surface area contributed by atoms with Gasteiger partial charge in [-0.25, -0.2) is 0 Å². The minimum absolute atomic E-state index is 0.916. The second-order valence-electron chi connectivity index (χ2n) is 8.06. The van der Waals surface area contributed by atoms with Gasteiger partial charge in [-0.2, -0.15) is 0 Å². The molecule has 0 saturated carbocycles. The number of hydrogen-bond donors (Lipinski definition) is 0. The molecule has 4 aromatic rings. The zero-order chi connectivity index (χ0) is 18.2. The van der Waals surface area contributed by atoms with Crippen LogP contribution in [-0.4, -0.2) is 4.98 Å². The zero-order valence-electron chi connectivity index (χ0n) is 15.4. The van der Waals surface area contributed by atoms with Crippen molar-refractivity contribution in [3.05, 3.63) is 106 Å². The van der Waals surface area contributed by atoms with Crippen LogP contribution in [0.15, 0.2) is 72.9 Å².